The second kappa shape index (κ2) is 9.28. The molecule has 0 saturated heterocycles. The van der Waals surface area contributed by atoms with Crippen molar-refractivity contribution in [3.8, 4) is 0 Å². The lowest BCUT2D eigenvalue weighted by Gasteiger charge is -2.05. The first-order valence-electron chi connectivity index (χ1n) is 6.62. The molecule has 6 heteroatoms. The summed E-state index contributed by atoms with van der Waals surface area (Å²) in [5.74, 6) is -0.455. The molecule has 0 spiro atoms. The van der Waals surface area contributed by atoms with Crippen LogP contribution in [0.5, 0.6) is 0 Å². The van der Waals surface area contributed by atoms with Crippen molar-refractivity contribution in [1.82, 2.24) is 5.32 Å². The van der Waals surface area contributed by atoms with E-state index in [1.54, 1.807) is 24.3 Å². The predicted molar refractivity (Wildman–Crippen MR) is 82.8 cm³/mol. The third-order valence-electron chi connectivity index (χ3n) is 2.91. The van der Waals surface area contributed by atoms with Gasteiger partial charge in [0.25, 0.3) is 5.91 Å². The molecular weight excluding hydrogens is 338 g/mol. The van der Waals surface area contributed by atoms with Gasteiger partial charge < -0.3 is 10.1 Å². The summed E-state index contributed by atoms with van der Waals surface area (Å²) in [4.78, 5) is 34.2. The van der Waals surface area contributed by atoms with Crippen LogP contribution in [0.3, 0.4) is 0 Å². The molecule has 0 aliphatic heterocycles. The minimum absolute atomic E-state index is 0.0234. The van der Waals surface area contributed by atoms with E-state index in [9.17, 15) is 14.4 Å². The number of hydrogen-bond donors (Lipinski definition) is 1. The minimum atomic E-state index is -0.242. The third kappa shape index (κ3) is 6.08. The van der Waals surface area contributed by atoms with Crippen LogP contribution in [0.1, 0.15) is 40.0 Å². The number of Topliss-reactive ketones (excluding diaryl/α,β-unsaturated/α-hetero) is 1. The SMILES string of the molecule is COC(=O)CCCCNC(=O)c1ccc(C(=O)CBr)cc1. The van der Waals surface area contributed by atoms with Gasteiger partial charge >= 0.3 is 5.97 Å². The molecule has 0 unspecified atom stereocenters. The molecule has 114 valence electrons. The highest BCUT2D eigenvalue weighted by atomic mass is 79.9. The van der Waals surface area contributed by atoms with E-state index in [1.165, 1.54) is 7.11 Å². The first kappa shape index (κ1) is 17.4. The fourth-order valence-electron chi connectivity index (χ4n) is 1.69. The highest BCUT2D eigenvalue weighted by Crippen LogP contribution is 2.07. The van der Waals surface area contributed by atoms with Crippen molar-refractivity contribution >= 4 is 33.6 Å². The zero-order valence-electron chi connectivity index (χ0n) is 11.9. The maximum atomic E-state index is 11.9. The maximum Gasteiger partial charge on any atom is 0.305 e. The Morgan fingerprint density at radius 2 is 1.71 bits per heavy atom. The summed E-state index contributed by atoms with van der Waals surface area (Å²) in [6.07, 6.45) is 1.74. The van der Waals surface area contributed by atoms with Gasteiger partial charge in [0.2, 0.25) is 0 Å². The van der Waals surface area contributed by atoms with E-state index in [2.05, 4.69) is 26.0 Å². The molecule has 0 bridgehead atoms. The average molecular weight is 356 g/mol. The van der Waals surface area contributed by atoms with Gasteiger partial charge in [-0.25, -0.2) is 0 Å². The van der Waals surface area contributed by atoms with Crippen LogP contribution in [0, 0.1) is 0 Å². The number of esters is 1. The number of methoxy groups -OCH3 is 1. The number of halogens is 1. The quantitative estimate of drug-likeness (QED) is 0.336. The Kier molecular flexibility index (Phi) is 7.68. The van der Waals surface area contributed by atoms with Gasteiger partial charge in [-0.05, 0) is 25.0 Å². The van der Waals surface area contributed by atoms with Crippen LogP contribution >= 0.6 is 15.9 Å². The van der Waals surface area contributed by atoms with Crippen molar-refractivity contribution in [3.05, 3.63) is 35.4 Å². The Morgan fingerprint density at radius 1 is 1.10 bits per heavy atom. The molecule has 0 aliphatic carbocycles. The molecule has 1 amide bonds. The molecule has 1 rings (SSSR count). The molecule has 0 heterocycles. The number of hydrogen-bond acceptors (Lipinski definition) is 4. The number of ether oxygens (including phenoxy) is 1. The second-order valence-corrected chi connectivity index (χ2v) is 4.98. The lowest BCUT2D eigenvalue weighted by Crippen LogP contribution is -2.24. The Bertz CT molecular complexity index is 499. The van der Waals surface area contributed by atoms with E-state index in [-0.39, 0.29) is 23.0 Å². The van der Waals surface area contributed by atoms with Gasteiger partial charge in [0.1, 0.15) is 0 Å². The zero-order valence-corrected chi connectivity index (χ0v) is 13.4. The minimum Gasteiger partial charge on any atom is -0.469 e. The first-order valence-corrected chi connectivity index (χ1v) is 7.75. The molecule has 1 N–H and O–H groups in total. The molecular formula is C15H18BrNO4. The van der Waals surface area contributed by atoms with E-state index < -0.39 is 0 Å². The van der Waals surface area contributed by atoms with E-state index in [1.807, 2.05) is 0 Å². The van der Waals surface area contributed by atoms with Crippen LogP contribution < -0.4 is 5.32 Å². The molecule has 0 aromatic heterocycles. The van der Waals surface area contributed by atoms with E-state index in [4.69, 9.17) is 0 Å². The van der Waals surface area contributed by atoms with Crippen LogP contribution in [-0.2, 0) is 9.53 Å². The van der Waals surface area contributed by atoms with Crippen LogP contribution in [0.25, 0.3) is 0 Å². The predicted octanol–water partition coefficient (Wildman–Crippen LogP) is 2.34. The lowest BCUT2D eigenvalue weighted by atomic mass is 10.1. The average Bonchev–Trinajstić information content (AvgIpc) is 2.53. The maximum absolute atomic E-state index is 11.9. The Morgan fingerprint density at radius 3 is 2.29 bits per heavy atom. The Labute approximate surface area is 132 Å². The van der Waals surface area contributed by atoms with Gasteiger partial charge in [0, 0.05) is 24.1 Å². The number of alkyl halides is 1. The molecule has 1 aromatic carbocycles. The summed E-state index contributed by atoms with van der Waals surface area (Å²) < 4.78 is 4.53. The van der Waals surface area contributed by atoms with Gasteiger partial charge in [0.15, 0.2) is 5.78 Å². The van der Waals surface area contributed by atoms with Crippen molar-refractivity contribution in [1.29, 1.82) is 0 Å². The molecule has 0 atom stereocenters. The molecule has 0 aliphatic rings. The van der Waals surface area contributed by atoms with E-state index in [0.29, 0.717) is 36.9 Å². The zero-order chi connectivity index (χ0) is 15.7. The van der Waals surface area contributed by atoms with Gasteiger partial charge in [-0.3, -0.25) is 14.4 Å². The number of rotatable bonds is 8. The first-order chi connectivity index (χ1) is 10.1. The summed E-state index contributed by atoms with van der Waals surface area (Å²) in [5, 5.41) is 3.03. The fraction of sp³-hybridized carbons (Fsp3) is 0.400. The number of nitrogens with one attached hydrogen (secondary N) is 1. The monoisotopic (exact) mass is 355 g/mol. The van der Waals surface area contributed by atoms with Crippen LogP contribution in [0.2, 0.25) is 0 Å². The van der Waals surface area contributed by atoms with E-state index >= 15 is 0 Å². The molecule has 0 radical (unpaired) electrons. The highest BCUT2D eigenvalue weighted by molar-refractivity contribution is 9.09. The smallest absolute Gasteiger partial charge is 0.305 e. The van der Waals surface area contributed by atoms with Crippen molar-refractivity contribution in [3.63, 3.8) is 0 Å². The summed E-state index contributed by atoms with van der Waals surface area (Å²) in [6.45, 7) is 0.498. The summed E-state index contributed by atoms with van der Waals surface area (Å²) >= 11 is 3.10. The topological polar surface area (TPSA) is 72.5 Å². The Hall–Kier alpha value is -1.69. The molecule has 1 aromatic rings. The normalized spacial score (nSPS) is 10.0. The number of ketones is 1. The standard InChI is InChI=1S/C15H18BrNO4/c1-21-14(19)4-2-3-9-17-15(20)12-7-5-11(6-8-12)13(18)10-16/h5-8H,2-4,9-10H2,1H3,(H,17,20). The lowest BCUT2D eigenvalue weighted by molar-refractivity contribution is -0.140. The van der Waals surface area contributed by atoms with E-state index in [0.717, 1.165) is 0 Å². The van der Waals surface area contributed by atoms with Gasteiger partial charge in [-0.1, -0.05) is 28.1 Å². The third-order valence-corrected chi connectivity index (χ3v) is 3.42. The number of amides is 1. The molecule has 21 heavy (non-hydrogen) atoms. The van der Waals surface area contributed by atoms with Crippen LogP contribution in [-0.4, -0.2) is 36.6 Å². The summed E-state index contributed by atoms with van der Waals surface area (Å²) in [7, 11) is 1.36. The van der Waals surface area contributed by atoms with Crippen molar-refractivity contribution in [2.45, 2.75) is 19.3 Å². The highest BCUT2D eigenvalue weighted by Gasteiger charge is 2.08. The van der Waals surface area contributed by atoms with Crippen LogP contribution in [0.4, 0.5) is 0 Å². The second-order valence-electron chi connectivity index (χ2n) is 4.42. The Balaban J connectivity index is 2.35. The van der Waals surface area contributed by atoms with Crippen molar-refractivity contribution in [2.75, 3.05) is 19.0 Å². The number of carbonyl (C=O) groups excluding carboxylic acids is 3. The van der Waals surface area contributed by atoms with Gasteiger partial charge in [-0.2, -0.15) is 0 Å². The largest absolute Gasteiger partial charge is 0.469 e. The van der Waals surface area contributed by atoms with Gasteiger partial charge in [-0.15, -0.1) is 0 Å². The fourth-order valence-corrected chi connectivity index (χ4v) is 2.01. The molecule has 0 fully saturated rings. The number of carbonyl (C=O) groups is 3. The van der Waals surface area contributed by atoms with Crippen molar-refractivity contribution in [2.24, 2.45) is 0 Å². The molecule has 5 nitrogen and oxygen atoms in total. The summed E-state index contributed by atoms with van der Waals surface area (Å²) in [5.41, 5.74) is 1.08. The number of benzene rings is 1. The number of unbranched alkanes of at least 4 members (excludes halogenated alkanes) is 1. The van der Waals surface area contributed by atoms with Crippen molar-refractivity contribution < 1.29 is 19.1 Å². The summed E-state index contributed by atoms with van der Waals surface area (Å²) in [6, 6.07) is 6.52. The van der Waals surface area contributed by atoms with Gasteiger partial charge in [0.05, 0.1) is 12.4 Å². The molecule has 0 saturated carbocycles. The van der Waals surface area contributed by atoms with Crippen LogP contribution in [0.15, 0.2) is 24.3 Å².